The molecule has 2 rings (SSSR count). The molecule has 0 spiro atoms. The number of halogens is 1. The van der Waals surface area contributed by atoms with Crippen molar-refractivity contribution >= 4 is 11.3 Å². The first kappa shape index (κ1) is 9.34. The molecule has 0 atom stereocenters. The highest BCUT2D eigenvalue weighted by Crippen LogP contribution is 2.26. The molecule has 0 aliphatic carbocycles. The summed E-state index contributed by atoms with van der Waals surface area (Å²) in [6.07, 6.45) is 0. The molecule has 1 nitrogen and oxygen atoms in total. The lowest BCUT2D eigenvalue weighted by atomic mass is 10.2. The first-order valence-corrected chi connectivity index (χ1v) is 5.18. The molecule has 0 amide bonds. The van der Waals surface area contributed by atoms with E-state index in [2.05, 4.69) is 4.98 Å². The third kappa shape index (κ3) is 1.68. The molecular formula is C11H10FNS. The molecule has 14 heavy (non-hydrogen) atoms. The summed E-state index contributed by atoms with van der Waals surface area (Å²) >= 11 is 1.13. The zero-order valence-corrected chi connectivity index (χ0v) is 8.86. The van der Waals surface area contributed by atoms with Crippen molar-refractivity contribution in [3.05, 3.63) is 40.7 Å². The van der Waals surface area contributed by atoms with Gasteiger partial charge in [-0.1, -0.05) is 6.07 Å². The van der Waals surface area contributed by atoms with Gasteiger partial charge in [0.05, 0.1) is 10.6 Å². The Balaban J connectivity index is 2.47. The number of rotatable bonds is 1. The summed E-state index contributed by atoms with van der Waals surface area (Å²) in [6.45, 7) is 3.98. The average molecular weight is 207 g/mol. The van der Waals surface area contributed by atoms with E-state index in [0.717, 1.165) is 33.2 Å². The number of hydrogen-bond acceptors (Lipinski definition) is 2. The minimum atomic E-state index is -0.167. The number of hydrogen-bond donors (Lipinski definition) is 0. The molecule has 2 heterocycles. The number of nitrogens with zero attached hydrogens (tertiary/aromatic N) is 1. The Kier molecular flexibility index (Phi) is 2.33. The van der Waals surface area contributed by atoms with Crippen molar-refractivity contribution in [1.29, 1.82) is 0 Å². The molecule has 0 aromatic carbocycles. The summed E-state index contributed by atoms with van der Waals surface area (Å²) in [7, 11) is 0. The molecule has 3 heteroatoms. The van der Waals surface area contributed by atoms with E-state index >= 15 is 0 Å². The fraction of sp³-hybridized carbons (Fsp3) is 0.182. The Bertz CT molecular complexity index is 462. The van der Waals surface area contributed by atoms with Crippen LogP contribution in [0.1, 0.15) is 11.3 Å². The van der Waals surface area contributed by atoms with E-state index in [9.17, 15) is 4.39 Å². The van der Waals surface area contributed by atoms with Crippen LogP contribution >= 0.6 is 11.3 Å². The highest BCUT2D eigenvalue weighted by molar-refractivity contribution is 7.13. The monoisotopic (exact) mass is 207 g/mol. The van der Waals surface area contributed by atoms with Gasteiger partial charge in [0.1, 0.15) is 0 Å². The fourth-order valence-corrected chi connectivity index (χ4v) is 1.92. The molecule has 0 aliphatic rings. The fourth-order valence-electron chi connectivity index (χ4n) is 1.22. The molecular weight excluding hydrogens is 197 g/mol. The minimum absolute atomic E-state index is 0.167. The van der Waals surface area contributed by atoms with Crippen LogP contribution in [0.3, 0.4) is 0 Å². The van der Waals surface area contributed by atoms with Crippen molar-refractivity contribution < 1.29 is 4.39 Å². The summed E-state index contributed by atoms with van der Waals surface area (Å²) in [5.41, 5.74) is 3.00. The van der Waals surface area contributed by atoms with Crippen LogP contribution in [0.4, 0.5) is 4.39 Å². The molecule has 0 aliphatic heterocycles. The van der Waals surface area contributed by atoms with E-state index in [1.807, 2.05) is 26.0 Å². The first-order valence-electron chi connectivity index (χ1n) is 4.37. The van der Waals surface area contributed by atoms with Crippen LogP contribution < -0.4 is 0 Å². The SMILES string of the molecule is Cc1ccc(-c2ccc(F)s2)nc1C. The highest BCUT2D eigenvalue weighted by Gasteiger charge is 2.04. The van der Waals surface area contributed by atoms with Crippen molar-refractivity contribution in [2.24, 2.45) is 0 Å². The predicted molar refractivity (Wildman–Crippen MR) is 57.0 cm³/mol. The third-order valence-electron chi connectivity index (χ3n) is 2.18. The predicted octanol–water partition coefficient (Wildman–Crippen LogP) is 3.57. The topological polar surface area (TPSA) is 12.9 Å². The van der Waals surface area contributed by atoms with Crippen molar-refractivity contribution in [2.45, 2.75) is 13.8 Å². The van der Waals surface area contributed by atoms with E-state index in [-0.39, 0.29) is 5.13 Å². The van der Waals surface area contributed by atoms with Gasteiger partial charge in [-0.2, -0.15) is 4.39 Å². The van der Waals surface area contributed by atoms with Crippen LogP contribution in [0.2, 0.25) is 0 Å². The van der Waals surface area contributed by atoms with E-state index in [1.54, 1.807) is 6.07 Å². The number of aryl methyl sites for hydroxylation is 2. The van der Waals surface area contributed by atoms with Crippen LogP contribution in [0.25, 0.3) is 10.6 Å². The van der Waals surface area contributed by atoms with Gasteiger partial charge in [0, 0.05) is 5.69 Å². The molecule has 2 aromatic heterocycles. The van der Waals surface area contributed by atoms with Gasteiger partial charge in [-0.3, -0.25) is 4.98 Å². The number of thiophene rings is 1. The lowest BCUT2D eigenvalue weighted by Crippen LogP contribution is -1.87. The highest BCUT2D eigenvalue weighted by atomic mass is 32.1. The smallest absolute Gasteiger partial charge is 0.177 e. The van der Waals surface area contributed by atoms with Crippen LogP contribution in [0.5, 0.6) is 0 Å². The summed E-state index contributed by atoms with van der Waals surface area (Å²) in [6, 6.07) is 7.16. The van der Waals surface area contributed by atoms with Crippen molar-refractivity contribution in [2.75, 3.05) is 0 Å². The van der Waals surface area contributed by atoms with Crippen molar-refractivity contribution in [1.82, 2.24) is 4.98 Å². The average Bonchev–Trinajstić information content (AvgIpc) is 2.57. The molecule has 2 aromatic rings. The molecule has 0 fully saturated rings. The van der Waals surface area contributed by atoms with Crippen LogP contribution in [0.15, 0.2) is 24.3 Å². The van der Waals surface area contributed by atoms with Crippen LogP contribution in [-0.2, 0) is 0 Å². The maximum absolute atomic E-state index is 12.8. The van der Waals surface area contributed by atoms with Gasteiger partial charge in [0.25, 0.3) is 0 Å². The molecule has 0 saturated carbocycles. The second kappa shape index (κ2) is 3.50. The van der Waals surface area contributed by atoms with E-state index in [0.29, 0.717) is 0 Å². The first-order chi connectivity index (χ1) is 6.66. The number of pyridine rings is 1. The largest absolute Gasteiger partial charge is 0.252 e. The number of aromatic nitrogens is 1. The van der Waals surface area contributed by atoms with E-state index in [4.69, 9.17) is 0 Å². The minimum Gasteiger partial charge on any atom is -0.252 e. The second-order valence-corrected chi connectivity index (χ2v) is 4.24. The molecule has 0 radical (unpaired) electrons. The zero-order valence-electron chi connectivity index (χ0n) is 8.04. The quantitative estimate of drug-likeness (QED) is 0.696. The standard InChI is InChI=1S/C11H10FNS/c1-7-3-4-9(13-8(7)2)10-5-6-11(12)14-10/h3-6H,1-2H3. The summed E-state index contributed by atoms with van der Waals surface area (Å²) in [5.74, 6) is 0. The van der Waals surface area contributed by atoms with Gasteiger partial charge in [0.15, 0.2) is 5.13 Å². The van der Waals surface area contributed by atoms with Crippen molar-refractivity contribution in [3.63, 3.8) is 0 Å². The van der Waals surface area contributed by atoms with Gasteiger partial charge < -0.3 is 0 Å². The van der Waals surface area contributed by atoms with Gasteiger partial charge >= 0.3 is 0 Å². The van der Waals surface area contributed by atoms with Gasteiger partial charge in [-0.15, -0.1) is 11.3 Å². The van der Waals surface area contributed by atoms with Gasteiger partial charge in [-0.25, -0.2) is 0 Å². The Labute approximate surface area is 86.2 Å². The maximum atomic E-state index is 12.8. The molecule has 0 unspecified atom stereocenters. The van der Waals surface area contributed by atoms with Crippen LogP contribution in [0, 0.1) is 19.0 Å². The maximum Gasteiger partial charge on any atom is 0.177 e. The van der Waals surface area contributed by atoms with Gasteiger partial charge in [-0.05, 0) is 37.6 Å². The van der Waals surface area contributed by atoms with E-state index in [1.165, 1.54) is 6.07 Å². The van der Waals surface area contributed by atoms with E-state index < -0.39 is 0 Å². The molecule has 0 N–H and O–H groups in total. The Hall–Kier alpha value is -1.22. The zero-order chi connectivity index (χ0) is 10.1. The van der Waals surface area contributed by atoms with Gasteiger partial charge in [0.2, 0.25) is 0 Å². The summed E-state index contributed by atoms with van der Waals surface area (Å²) < 4.78 is 12.8. The molecule has 0 saturated heterocycles. The third-order valence-corrected chi connectivity index (χ3v) is 3.07. The summed E-state index contributed by atoms with van der Waals surface area (Å²) in [4.78, 5) is 5.28. The lowest BCUT2D eigenvalue weighted by molar-refractivity contribution is 0.657. The second-order valence-electron chi connectivity index (χ2n) is 3.20. The van der Waals surface area contributed by atoms with Crippen LogP contribution in [-0.4, -0.2) is 4.98 Å². The Morgan fingerprint density at radius 3 is 2.50 bits per heavy atom. The molecule has 0 bridgehead atoms. The normalized spacial score (nSPS) is 10.5. The lowest BCUT2D eigenvalue weighted by Gasteiger charge is -2.01. The Morgan fingerprint density at radius 1 is 1.14 bits per heavy atom. The molecule has 72 valence electrons. The van der Waals surface area contributed by atoms with Crippen molar-refractivity contribution in [3.8, 4) is 10.6 Å². The Morgan fingerprint density at radius 2 is 1.93 bits per heavy atom. The summed E-state index contributed by atoms with van der Waals surface area (Å²) in [5, 5.41) is -0.167.